The van der Waals surface area contributed by atoms with E-state index in [4.69, 9.17) is 9.26 Å². The average Bonchev–Trinajstić information content (AvgIpc) is 3.02. The Hall–Kier alpha value is -2.48. The van der Waals surface area contributed by atoms with E-state index in [1.165, 1.54) is 0 Å². The van der Waals surface area contributed by atoms with Gasteiger partial charge in [0.1, 0.15) is 6.04 Å². The molecule has 0 aromatic carbocycles. The van der Waals surface area contributed by atoms with E-state index in [1.54, 1.807) is 19.3 Å². The smallest absolute Gasteiger partial charge is 0.319 e. The lowest BCUT2D eigenvalue weighted by atomic mass is 9.91. The number of anilines is 1. The third-order valence-electron chi connectivity index (χ3n) is 4.12. The molecule has 0 saturated carbocycles. The molecule has 0 bridgehead atoms. The van der Waals surface area contributed by atoms with Gasteiger partial charge in [0.15, 0.2) is 5.82 Å². The summed E-state index contributed by atoms with van der Waals surface area (Å²) in [6.07, 6.45) is 4.97. The number of hydrogen-bond donors (Lipinski definition) is 2. The number of pyridine rings is 1. The van der Waals surface area contributed by atoms with Gasteiger partial charge in [-0.25, -0.2) is 4.79 Å². The summed E-state index contributed by atoms with van der Waals surface area (Å²) in [6, 6.07) is 1.18. The van der Waals surface area contributed by atoms with Crippen molar-refractivity contribution >= 4 is 11.7 Å². The lowest BCUT2D eigenvalue weighted by Crippen LogP contribution is -2.38. The van der Waals surface area contributed by atoms with Crippen LogP contribution in [0.25, 0.3) is 0 Å². The van der Waals surface area contributed by atoms with E-state index < -0.39 is 0 Å². The molecule has 24 heavy (non-hydrogen) atoms. The van der Waals surface area contributed by atoms with Crippen molar-refractivity contribution in [2.75, 3.05) is 18.5 Å². The third kappa shape index (κ3) is 3.88. The SMILES string of the molecule is Cc1noc([C@H](NC(=O)Nc2cnccc2C)C2CCOCC2)n1. The van der Waals surface area contributed by atoms with Crippen LogP contribution in [0.2, 0.25) is 0 Å². The van der Waals surface area contributed by atoms with Gasteiger partial charge < -0.3 is 19.9 Å². The fourth-order valence-electron chi connectivity index (χ4n) is 2.76. The Morgan fingerprint density at radius 1 is 1.33 bits per heavy atom. The summed E-state index contributed by atoms with van der Waals surface area (Å²) in [5.41, 5.74) is 1.61. The summed E-state index contributed by atoms with van der Waals surface area (Å²) in [6.45, 7) is 5.00. The third-order valence-corrected chi connectivity index (χ3v) is 4.12. The van der Waals surface area contributed by atoms with Crippen LogP contribution in [0.4, 0.5) is 10.5 Å². The zero-order chi connectivity index (χ0) is 16.9. The number of aromatic nitrogens is 3. The van der Waals surface area contributed by atoms with E-state index in [-0.39, 0.29) is 18.0 Å². The monoisotopic (exact) mass is 331 g/mol. The van der Waals surface area contributed by atoms with Gasteiger partial charge in [-0.15, -0.1) is 0 Å². The Balaban J connectivity index is 1.73. The fraction of sp³-hybridized carbons (Fsp3) is 0.500. The summed E-state index contributed by atoms with van der Waals surface area (Å²) in [7, 11) is 0. The molecule has 2 aromatic heterocycles. The zero-order valence-corrected chi connectivity index (χ0v) is 13.8. The van der Waals surface area contributed by atoms with E-state index in [9.17, 15) is 4.79 Å². The van der Waals surface area contributed by atoms with Crippen molar-refractivity contribution in [2.45, 2.75) is 32.7 Å². The second-order valence-corrected chi connectivity index (χ2v) is 5.90. The van der Waals surface area contributed by atoms with Gasteiger partial charge >= 0.3 is 6.03 Å². The molecule has 2 N–H and O–H groups in total. The normalized spacial score (nSPS) is 16.6. The van der Waals surface area contributed by atoms with Gasteiger partial charge in [-0.3, -0.25) is 4.98 Å². The van der Waals surface area contributed by atoms with E-state index >= 15 is 0 Å². The lowest BCUT2D eigenvalue weighted by molar-refractivity contribution is 0.0506. The largest absolute Gasteiger partial charge is 0.381 e. The van der Waals surface area contributed by atoms with Gasteiger partial charge in [-0.05, 0) is 44.2 Å². The van der Waals surface area contributed by atoms with Crippen molar-refractivity contribution in [2.24, 2.45) is 5.92 Å². The highest BCUT2D eigenvalue weighted by atomic mass is 16.5. The number of carbonyl (C=O) groups excluding carboxylic acids is 1. The second kappa shape index (κ2) is 7.39. The number of aryl methyl sites for hydroxylation is 2. The standard InChI is InChI=1S/C16H21N5O3/c1-10-3-6-17-9-13(10)19-16(22)20-14(12-4-7-23-8-5-12)15-18-11(2)21-24-15/h3,6,9,12,14H,4-5,7-8H2,1-2H3,(H2,19,20,22)/t14-/m1/s1. The number of amides is 2. The maximum absolute atomic E-state index is 12.4. The summed E-state index contributed by atoms with van der Waals surface area (Å²) < 4.78 is 10.7. The summed E-state index contributed by atoms with van der Waals surface area (Å²) in [5.74, 6) is 1.17. The Morgan fingerprint density at radius 2 is 2.12 bits per heavy atom. The highest BCUT2D eigenvalue weighted by Crippen LogP contribution is 2.29. The molecule has 0 aliphatic carbocycles. The summed E-state index contributed by atoms with van der Waals surface area (Å²) in [4.78, 5) is 20.7. The van der Waals surface area contributed by atoms with Crippen LogP contribution in [0.5, 0.6) is 0 Å². The summed E-state index contributed by atoms with van der Waals surface area (Å²) >= 11 is 0. The van der Waals surface area contributed by atoms with Crippen molar-refractivity contribution < 1.29 is 14.1 Å². The minimum Gasteiger partial charge on any atom is -0.381 e. The van der Waals surface area contributed by atoms with Gasteiger partial charge in [0.05, 0.1) is 11.9 Å². The fourth-order valence-corrected chi connectivity index (χ4v) is 2.76. The summed E-state index contributed by atoms with van der Waals surface area (Å²) in [5, 5.41) is 9.62. The molecule has 3 heterocycles. The molecule has 8 nitrogen and oxygen atoms in total. The minimum absolute atomic E-state index is 0.194. The van der Waals surface area contributed by atoms with E-state index in [2.05, 4.69) is 25.8 Å². The van der Waals surface area contributed by atoms with Crippen LogP contribution in [0.3, 0.4) is 0 Å². The highest BCUT2D eigenvalue weighted by Gasteiger charge is 2.31. The van der Waals surface area contributed by atoms with Crippen LogP contribution >= 0.6 is 0 Å². The van der Waals surface area contributed by atoms with E-state index in [1.807, 2.05) is 13.0 Å². The topological polar surface area (TPSA) is 102 Å². The van der Waals surface area contributed by atoms with E-state index in [0.717, 1.165) is 18.4 Å². The molecule has 3 rings (SSSR count). The van der Waals surface area contributed by atoms with Crippen LogP contribution in [-0.4, -0.2) is 34.4 Å². The number of urea groups is 1. The molecule has 2 amide bonds. The van der Waals surface area contributed by atoms with Crippen LogP contribution < -0.4 is 10.6 Å². The molecule has 1 fully saturated rings. The second-order valence-electron chi connectivity index (χ2n) is 5.90. The molecular formula is C16H21N5O3. The maximum Gasteiger partial charge on any atom is 0.319 e. The molecule has 0 radical (unpaired) electrons. The number of rotatable bonds is 4. The molecule has 1 aliphatic heterocycles. The molecule has 1 saturated heterocycles. The van der Waals surface area contributed by atoms with Crippen molar-refractivity contribution in [1.29, 1.82) is 0 Å². The lowest BCUT2D eigenvalue weighted by Gasteiger charge is -2.28. The van der Waals surface area contributed by atoms with Crippen molar-refractivity contribution in [3.8, 4) is 0 Å². The van der Waals surface area contributed by atoms with Crippen LogP contribution in [0, 0.1) is 19.8 Å². The first-order valence-electron chi connectivity index (χ1n) is 7.99. The molecule has 0 spiro atoms. The van der Waals surface area contributed by atoms with Crippen LogP contribution in [-0.2, 0) is 4.74 Å². The first kappa shape index (κ1) is 16.4. The zero-order valence-electron chi connectivity index (χ0n) is 13.8. The molecule has 128 valence electrons. The Bertz CT molecular complexity index is 697. The van der Waals surface area contributed by atoms with Gasteiger partial charge in [-0.1, -0.05) is 5.16 Å². The van der Waals surface area contributed by atoms with Crippen molar-refractivity contribution in [1.82, 2.24) is 20.4 Å². The number of nitrogens with zero attached hydrogens (tertiary/aromatic N) is 3. The van der Waals surface area contributed by atoms with Gasteiger partial charge in [-0.2, -0.15) is 4.98 Å². The molecule has 0 unspecified atom stereocenters. The molecule has 2 aromatic rings. The predicted octanol–water partition coefficient (Wildman–Crippen LogP) is 2.37. The maximum atomic E-state index is 12.4. The number of hydrogen-bond acceptors (Lipinski definition) is 6. The predicted molar refractivity (Wildman–Crippen MR) is 86.4 cm³/mol. The highest BCUT2D eigenvalue weighted by molar-refractivity contribution is 5.90. The quantitative estimate of drug-likeness (QED) is 0.892. The number of nitrogens with one attached hydrogen (secondary N) is 2. The molecule has 1 aliphatic rings. The first-order valence-corrected chi connectivity index (χ1v) is 7.99. The molecular weight excluding hydrogens is 310 g/mol. The average molecular weight is 331 g/mol. The van der Waals surface area contributed by atoms with Crippen molar-refractivity contribution in [3.63, 3.8) is 0 Å². The van der Waals surface area contributed by atoms with Crippen LogP contribution in [0.1, 0.15) is 36.2 Å². The van der Waals surface area contributed by atoms with E-state index in [0.29, 0.717) is 30.6 Å². The van der Waals surface area contributed by atoms with Crippen molar-refractivity contribution in [3.05, 3.63) is 35.7 Å². The Morgan fingerprint density at radius 3 is 2.79 bits per heavy atom. The van der Waals surface area contributed by atoms with Crippen LogP contribution in [0.15, 0.2) is 23.0 Å². The van der Waals surface area contributed by atoms with Gasteiger partial charge in [0.2, 0.25) is 5.89 Å². The first-order chi connectivity index (χ1) is 11.6. The minimum atomic E-state index is -0.341. The Labute approximate surface area is 140 Å². The number of ether oxygens (including phenoxy) is 1. The Kier molecular flexibility index (Phi) is 5.05. The molecule has 1 atom stereocenters. The number of carbonyl (C=O) groups is 1. The molecule has 8 heteroatoms. The van der Waals surface area contributed by atoms with Gasteiger partial charge in [0.25, 0.3) is 0 Å². The van der Waals surface area contributed by atoms with Gasteiger partial charge in [0, 0.05) is 19.4 Å².